The molecule has 2 aromatic rings. The molecule has 2 N–H and O–H groups in total. The van der Waals surface area contributed by atoms with Crippen molar-refractivity contribution in [1.82, 2.24) is 4.98 Å². The zero-order chi connectivity index (χ0) is 10.8. The Morgan fingerprint density at radius 3 is 2.53 bits per heavy atom. The van der Waals surface area contributed by atoms with Crippen molar-refractivity contribution in [2.24, 2.45) is 0 Å². The fourth-order valence-electron chi connectivity index (χ4n) is 1.42. The van der Waals surface area contributed by atoms with Crippen LogP contribution < -0.4 is 5.73 Å². The van der Waals surface area contributed by atoms with E-state index in [1.165, 1.54) is 5.56 Å². The summed E-state index contributed by atoms with van der Waals surface area (Å²) in [6, 6.07) is 10.2. The summed E-state index contributed by atoms with van der Waals surface area (Å²) in [5, 5.41) is 0. The number of rotatable bonds is 1. The van der Waals surface area contributed by atoms with Gasteiger partial charge < -0.3 is 5.73 Å². The second kappa shape index (κ2) is 4.03. The predicted molar refractivity (Wildman–Crippen MR) is 66.5 cm³/mol. The zero-order valence-corrected chi connectivity index (χ0v) is 9.95. The highest BCUT2D eigenvalue weighted by Gasteiger charge is 2.03. The first-order chi connectivity index (χ1) is 7.16. The lowest BCUT2D eigenvalue weighted by atomic mass is 10.0. The summed E-state index contributed by atoms with van der Waals surface area (Å²) in [4.78, 5) is 4.07. The monoisotopic (exact) mass is 262 g/mol. The van der Waals surface area contributed by atoms with Crippen LogP contribution in [0.25, 0.3) is 11.1 Å². The summed E-state index contributed by atoms with van der Waals surface area (Å²) in [6.07, 6.45) is 1.67. The molecule has 0 bridgehead atoms. The van der Waals surface area contributed by atoms with Crippen molar-refractivity contribution in [2.45, 2.75) is 6.92 Å². The lowest BCUT2D eigenvalue weighted by molar-refractivity contribution is 1.28. The molecular formula is C12H11BrN2. The molecule has 2 rings (SSSR count). The number of halogens is 1. The quantitative estimate of drug-likeness (QED) is 0.801. The molecule has 0 aliphatic carbocycles. The summed E-state index contributed by atoms with van der Waals surface area (Å²) >= 11 is 3.34. The van der Waals surface area contributed by atoms with E-state index in [1.54, 1.807) is 6.20 Å². The van der Waals surface area contributed by atoms with Gasteiger partial charge in [0.05, 0.1) is 11.9 Å². The van der Waals surface area contributed by atoms with Crippen molar-refractivity contribution < 1.29 is 0 Å². The van der Waals surface area contributed by atoms with Gasteiger partial charge >= 0.3 is 0 Å². The van der Waals surface area contributed by atoms with Gasteiger partial charge in [0, 0.05) is 5.56 Å². The highest BCUT2D eigenvalue weighted by atomic mass is 79.9. The van der Waals surface area contributed by atoms with Crippen molar-refractivity contribution in [3.63, 3.8) is 0 Å². The van der Waals surface area contributed by atoms with Crippen LogP contribution >= 0.6 is 15.9 Å². The van der Waals surface area contributed by atoms with Gasteiger partial charge in [-0.2, -0.15) is 0 Å². The first kappa shape index (κ1) is 10.2. The molecule has 0 saturated heterocycles. The topological polar surface area (TPSA) is 38.9 Å². The minimum Gasteiger partial charge on any atom is -0.397 e. The van der Waals surface area contributed by atoms with Gasteiger partial charge in [0.2, 0.25) is 0 Å². The molecule has 1 heterocycles. The number of hydrogen-bond donors (Lipinski definition) is 1. The number of benzene rings is 1. The molecule has 0 radical (unpaired) electrons. The molecule has 0 saturated carbocycles. The molecule has 2 nitrogen and oxygen atoms in total. The fourth-order valence-corrected chi connectivity index (χ4v) is 1.75. The minimum absolute atomic E-state index is 0.696. The van der Waals surface area contributed by atoms with E-state index in [0.29, 0.717) is 5.69 Å². The number of aromatic nitrogens is 1. The zero-order valence-electron chi connectivity index (χ0n) is 8.37. The third-order valence-corrected chi connectivity index (χ3v) is 2.70. The van der Waals surface area contributed by atoms with Crippen molar-refractivity contribution >= 4 is 21.6 Å². The molecular weight excluding hydrogens is 252 g/mol. The number of aryl methyl sites for hydroxylation is 1. The van der Waals surface area contributed by atoms with E-state index in [0.717, 1.165) is 15.7 Å². The number of nitrogens with zero attached hydrogens (tertiary/aromatic N) is 1. The Morgan fingerprint density at radius 1 is 1.20 bits per heavy atom. The third-order valence-electron chi connectivity index (χ3n) is 2.26. The largest absolute Gasteiger partial charge is 0.397 e. The van der Waals surface area contributed by atoms with Crippen LogP contribution in [0.1, 0.15) is 5.56 Å². The minimum atomic E-state index is 0.696. The Kier molecular flexibility index (Phi) is 2.73. The van der Waals surface area contributed by atoms with Crippen molar-refractivity contribution in [3.8, 4) is 11.1 Å². The van der Waals surface area contributed by atoms with Gasteiger partial charge in [0.25, 0.3) is 0 Å². The van der Waals surface area contributed by atoms with Crippen LogP contribution in [-0.2, 0) is 0 Å². The van der Waals surface area contributed by atoms with Crippen LogP contribution in [0, 0.1) is 6.92 Å². The van der Waals surface area contributed by atoms with Crippen LogP contribution in [0.5, 0.6) is 0 Å². The molecule has 0 atom stereocenters. The second-order valence-corrected chi connectivity index (χ2v) is 4.27. The van der Waals surface area contributed by atoms with Crippen LogP contribution in [0.2, 0.25) is 0 Å². The lowest BCUT2D eigenvalue weighted by Crippen LogP contribution is -1.91. The van der Waals surface area contributed by atoms with Crippen LogP contribution in [0.3, 0.4) is 0 Å². The van der Waals surface area contributed by atoms with E-state index in [4.69, 9.17) is 5.73 Å². The summed E-state index contributed by atoms with van der Waals surface area (Å²) in [6.45, 7) is 2.07. The summed E-state index contributed by atoms with van der Waals surface area (Å²) in [7, 11) is 0. The van der Waals surface area contributed by atoms with Crippen molar-refractivity contribution in [1.29, 1.82) is 0 Å². The molecule has 0 unspecified atom stereocenters. The van der Waals surface area contributed by atoms with Gasteiger partial charge in [0.15, 0.2) is 0 Å². The van der Waals surface area contributed by atoms with Crippen molar-refractivity contribution in [2.75, 3.05) is 5.73 Å². The summed E-state index contributed by atoms with van der Waals surface area (Å²) < 4.78 is 0.798. The third kappa shape index (κ3) is 2.18. The van der Waals surface area contributed by atoms with E-state index in [9.17, 15) is 0 Å². The van der Waals surface area contributed by atoms with E-state index < -0.39 is 0 Å². The Hall–Kier alpha value is -1.35. The molecule has 0 fully saturated rings. The first-order valence-electron chi connectivity index (χ1n) is 4.65. The molecule has 0 spiro atoms. The first-order valence-corrected chi connectivity index (χ1v) is 5.44. The van der Waals surface area contributed by atoms with Gasteiger partial charge in [-0.3, -0.25) is 0 Å². The highest BCUT2D eigenvalue weighted by Crippen LogP contribution is 2.27. The van der Waals surface area contributed by atoms with Gasteiger partial charge in [-0.25, -0.2) is 4.98 Å². The van der Waals surface area contributed by atoms with E-state index >= 15 is 0 Å². The molecule has 0 aliphatic heterocycles. The van der Waals surface area contributed by atoms with E-state index in [-0.39, 0.29) is 0 Å². The summed E-state index contributed by atoms with van der Waals surface area (Å²) in [5.41, 5.74) is 9.94. The van der Waals surface area contributed by atoms with Crippen LogP contribution in [-0.4, -0.2) is 4.98 Å². The fraction of sp³-hybridized carbons (Fsp3) is 0.0833. The van der Waals surface area contributed by atoms with Crippen LogP contribution in [0.15, 0.2) is 41.1 Å². The number of nitrogens with two attached hydrogens (primary N) is 1. The SMILES string of the molecule is Cc1ccc(-c2cc(Br)ncc2N)cc1. The average molecular weight is 263 g/mol. The Morgan fingerprint density at radius 2 is 1.87 bits per heavy atom. The highest BCUT2D eigenvalue weighted by molar-refractivity contribution is 9.10. The molecule has 76 valence electrons. The normalized spacial score (nSPS) is 10.3. The maximum atomic E-state index is 5.88. The molecule has 3 heteroatoms. The Balaban J connectivity index is 2.53. The van der Waals surface area contributed by atoms with Gasteiger partial charge in [-0.15, -0.1) is 0 Å². The number of pyridine rings is 1. The maximum absolute atomic E-state index is 5.88. The molecule has 0 aliphatic rings. The second-order valence-electron chi connectivity index (χ2n) is 3.46. The maximum Gasteiger partial charge on any atom is 0.106 e. The van der Waals surface area contributed by atoms with E-state index in [1.807, 2.05) is 6.07 Å². The Labute approximate surface area is 97.3 Å². The molecule has 0 amide bonds. The smallest absolute Gasteiger partial charge is 0.106 e. The predicted octanol–water partition coefficient (Wildman–Crippen LogP) is 3.40. The summed E-state index contributed by atoms with van der Waals surface area (Å²) in [5.74, 6) is 0. The molecule has 1 aromatic heterocycles. The van der Waals surface area contributed by atoms with Gasteiger partial charge in [0.1, 0.15) is 4.60 Å². The Bertz CT molecular complexity index is 477. The standard InChI is InChI=1S/C12H11BrN2/c1-8-2-4-9(5-3-8)10-6-12(13)15-7-11(10)14/h2-7H,14H2,1H3. The molecule has 1 aromatic carbocycles. The van der Waals surface area contributed by atoms with Crippen LogP contribution in [0.4, 0.5) is 5.69 Å². The van der Waals surface area contributed by atoms with Gasteiger partial charge in [-0.1, -0.05) is 29.8 Å². The lowest BCUT2D eigenvalue weighted by Gasteiger charge is -2.06. The van der Waals surface area contributed by atoms with E-state index in [2.05, 4.69) is 52.1 Å². The number of anilines is 1. The number of nitrogen functional groups attached to an aromatic ring is 1. The van der Waals surface area contributed by atoms with Crippen molar-refractivity contribution in [3.05, 3.63) is 46.7 Å². The molecule has 15 heavy (non-hydrogen) atoms. The van der Waals surface area contributed by atoms with Gasteiger partial charge in [-0.05, 0) is 34.5 Å². The number of hydrogen-bond acceptors (Lipinski definition) is 2. The average Bonchev–Trinajstić information content (AvgIpc) is 2.23.